The molecule has 0 N–H and O–H groups in total. The molecule has 0 aliphatic heterocycles. The summed E-state index contributed by atoms with van der Waals surface area (Å²) in [6, 6.07) is 0. The lowest BCUT2D eigenvalue weighted by molar-refractivity contribution is 0.245. The van der Waals surface area contributed by atoms with Crippen molar-refractivity contribution in [2.75, 3.05) is 12.5 Å². The van der Waals surface area contributed by atoms with Crippen molar-refractivity contribution >= 4 is 11.6 Å². The van der Waals surface area contributed by atoms with Crippen LogP contribution in [-0.4, -0.2) is 12.5 Å². The summed E-state index contributed by atoms with van der Waals surface area (Å²) >= 11 is 5.40. The Kier molecular flexibility index (Phi) is 6.68. The third kappa shape index (κ3) is 5.83. The summed E-state index contributed by atoms with van der Waals surface area (Å²) < 4.78 is 4.84. The minimum absolute atomic E-state index is 0.723. The van der Waals surface area contributed by atoms with E-state index in [-0.39, 0.29) is 0 Å². The minimum atomic E-state index is 0.723. The van der Waals surface area contributed by atoms with Crippen LogP contribution in [0.25, 0.3) is 0 Å². The van der Waals surface area contributed by atoms with Gasteiger partial charge in [-0.15, -0.1) is 11.6 Å². The Morgan fingerprint density at radius 2 is 2.25 bits per heavy atom. The molecule has 0 atom stereocenters. The van der Waals surface area contributed by atoms with Gasteiger partial charge in [-0.2, -0.15) is 0 Å². The number of unbranched alkanes of at least 4 members (excludes halogenated alkanes) is 1. The Bertz CT molecular complexity index is 54.5. The van der Waals surface area contributed by atoms with E-state index in [0.717, 1.165) is 25.3 Å². The second-order valence-corrected chi connectivity index (χ2v) is 1.81. The predicted octanol–water partition coefficient (Wildman–Crippen LogP) is 2.17. The first-order valence-electron chi connectivity index (χ1n) is 2.70. The molecule has 0 spiro atoms. The Labute approximate surface area is 55.3 Å². The topological polar surface area (TPSA) is 9.23 Å². The van der Waals surface area contributed by atoms with Gasteiger partial charge in [-0.25, -0.2) is 0 Å². The smallest absolute Gasteiger partial charge is 0.0873 e. The van der Waals surface area contributed by atoms with Crippen LogP contribution in [-0.2, 0) is 4.74 Å². The molecule has 0 unspecified atom stereocenters. The maximum atomic E-state index is 5.40. The molecule has 0 aromatic carbocycles. The molecular formula is C6H11ClO. The van der Waals surface area contributed by atoms with Crippen molar-refractivity contribution in [1.29, 1.82) is 0 Å². The maximum absolute atomic E-state index is 5.40. The van der Waals surface area contributed by atoms with Crippen LogP contribution < -0.4 is 0 Å². The quantitative estimate of drug-likeness (QED) is 0.318. The van der Waals surface area contributed by atoms with E-state index in [2.05, 4.69) is 6.58 Å². The molecule has 1 nitrogen and oxygen atoms in total. The summed E-state index contributed by atoms with van der Waals surface area (Å²) in [5.74, 6) is 0.723. The molecule has 0 bridgehead atoms. The van der Waals surface area contributed by atoms with Crippen LogP contribution in [0.4, 0.5) is 0 Å². The predicted molar refractivity (Wildman–Crippen MR) is 36.1 cm³/mol. The summed E-state index contributed by atoms with van der Waals surface area (Å²) in [7, 11) is 0. The van der Waals surface area contributed by atoms with Gasteiger partial charge in [0.1, 0.15) is 0 Å². The van der Waals surface area contributed by atoms with Crippen LogP contribution >= 0.6 is 11.6 Å². The maximum Gasteiger partial charge on any atom is 0.0873 e. The average Bonchev–Trinajstić information content (AvgIpc) is 1.81. The van der Waals surface area contributed by atoms with Crippen molar-refractivity contribution in [1.82, 2.24) is 0 Å². The fraction of sp³-hybridized carbons (Fsp3) is 0.667. The average molecular weight is 135 g/mol. The first-order chi connectivity index (χ1) is 3.91. The highest BCUT2D eigenvalue weighted by molar-refractivity contribution is 6.17. The number of alkyl halides is 1. The van der Waals surface area contributed by atoms with Crippen LogP contribution in [0, 0.1) is 0 Å². The van der Waals surface area contributed by atoms with E-state index in [1.54, 1.807) is 0 Å². The van der Waals surface area contributed by atoms with Gasteiger partial charge in [0.2, 0.25) is 0 Å². The fourth-order valence-corrected chi connectivity index (χ4v) is 0.552. The lowest BCUT2D eigenvalue weighted by Crippen LogP contribution is -1.86. The number of hydrogen-bond acceptors (Lipinski definition) is 1. The van der Waals surface area contributed by atoms with E-state index >= 15 is 0 Å². The molecule has 48 valence electrons. The van der Waals surface area contributed by atoms with E-state index < -0.39 is 0 Å². The van der Waals surface area contributed by atoms with Gasteiger partial charge in [-0.05, 0) is 12.8 Å². The first-order valence-corrected chi connectivity index (χ1v) is 3.23. The number of hydrogen-bond donors (Lipinski definition) is 0. The van der Waals surface area contributed by atoms with Gasteiger partial charge in [0.15, 0.2) is 0 Å². The lowest BCUT2D eigenvalue weighted by atomic mass is 10.4. The third-order valence-corrected chi connectivity index (χ3v) is 1.03. The minimum Gasteiger partial charge on any atom is -0.502 e. The Morgan fingerprint density at radius 3 is 2.75 bits per heavy atom. The zero-order chi connectivity index (χ0) is 6.24. The molecule has 0 saturated heterocycles. The molecule has 0 amide bonds. The summed E-state index contributed by atoms with van der Waals surface area (Å²) in [6.45, 7) is 4.15. The number of rotatable bonds is 5. The van der Waals surface area contributed by atoms with E-state index in [4.69, 9.17) is 16.3 Å². The Balaban J connectivity index is 2.62. The second kappa shape index (κ2) is 6.83. The van der Waals surface area contributed by atoms with Crippen molar-refractivity contribution in [3.63, 3.8) is 0 Å². The standard InChI is InChI=1S/C6H11ClO/c1-2-8-6-4-3-5-7/h2H,1,3-6H2. The Morgan fingerprint density at radius 1 is 1.50 bits per heavy atom. The SMILES string of the molecule is C=COCCCCCl. The van der Waals surface area contributed by atoms with Crippen molar-refractivity contribution in [2.45, 2.75) is 12.8 Å². The normalized spacial score (nSPS) is 8.62. The van der Waals surface area contributed by atoms with Crippen LogP contribution in [0.1, 0.15) is 12.8 Å². The highest BCUT2D eigenvalue weighted by Crippen LogP contribution is 1.91. The van der Waals surface area contributed by atoms with Gasteiger partial charge in [0.25, 0.3) is 0 Å². The van der Waals surface area contributed by atoms with Crippen LogP contribution in [0.3, 0.4) is 0 Å². The molecule has 2 heteroatoms. The fourth-order valence-electron chi connectivity index (χ4n) is 0.363. The van der Waals surface area contributed by atoms with Gasteiger partial charge in [-0.1, -0.05) is 6.58 Å². The summed E-state index contributed by atoms with van der Waals surface area (Å²) in [6.07, 6.45) is 3.50. The molecule has 0 aromatic rings. The molecule has 0 aliphatic carbocycles. The second-order valence-electron chi connectivity index (χ2n) is 1.43. The molecule has 0 heterocycles. The number of halogens is 1. The third-order valence-electron chi connectivity index (χ3n) is 0.764. The van der Waals surface area contributed by atoms with Crippen LogP contribution in [0.15, 0.2) is 12.8 Å². The van der Waals surface area contributed by atoms with Crippen molar-refractivity contribution in [3.8, 4) is 0 Å². The van der Waals surface area contributed by atoms with Crippen LogP contribution in [0.2, 0.25) is 0 Å². The molecule has 0 rings (SSSR count). The molecule has 0 radical (unpaired) electrons. The molecule has 0 aromatic heterocycles. The van der Waals surface area contributed by atoms with Gasteiger partial charge in [0.05, 0.1) is 12.9 Å². The van der Waals surface area contributed by atoms with Crippen molar-refractivity contribution < 1.29 is 4.74 Å². The monoisotopic (exact) mass is 134 g/mol. The molecule has 0 saturated carbocycles. The summed E-state index contributed by atoms with van der Waals surface area (Å²) in [5.41, 5.74) is 0. The van der Waals surface area contributed by atoms with Gasteiger partial charge >= 0.3 is 0 Å². The van der Waals surface area contributed by atoms with Crippen LogP contribution in [0.5, 0.6) is 0 Å². The zero-order valence-corrected chi connectivity index (χ0v) is 5.66. The van der Waals surface area contributed by atoms with E-state index in [0.29, 0.717) is 0 Å². The van der Waals surface area contributed by atoms with Gasteiger partial charge < -0.3 is 4.74 Å². The summed E-state index contributed by atoms with van der Waals surface area (Å²) in [5, 5.41) is 0. The van der Waals surface area contributed by atoms with Crippen molar-refractivity contribution in [3.05, 3.63) is 12.8 Å². The number of ether oxygens (including phenoxy) is 1. The zero-order valence-electron chi connectivity index (χ0n) is 4.90. The molecular weight excluding hydrogens is 124 g/mol. The van der Waals surface area contributed by atoms with Gasteiger partial charge in [0, 0.05) is 5.88 Å². The first kappa shape index (κ1) is 7.83. The van der Waals surface area contributed by atoms with E-state index in [1.165, 1.54) is 6.26 Å². The van der Waals surface area contributed by atoms with Crippen molar-refractivity contribution in [2.24, 2.45) is 0 Å². The lowest BCUT2D eigenvalue weighted by Gasteiger charge is -1.95. The molecule has 0 aliphatic rings. The Hall–Kier alpha value is -0.170. The molecule has 8 heavy (non-hydrogen) atoms. The van der Waals surface area contributed by atoms with E-state index in [1.807, 2.05) is 0 Å². The highest BCUT2D eigenvalue weighted by Gasteiger charge is 1.82. The molecule has 0 fully saturated rings. The highest BCUT2D eigenvalue weighted by atomic mass is 35.5. The van der Waals surface area contributed by atoms with E-state index in [9.17, 15) is 0 Å². The largest absolute Gasteiger partial charge is 0.502 e. The summed E-state index contributed by atoms with van der Waals surface area (Å²) in [4.78, 5) is 0. The van der Waals surface area contributed by atoms with Gasteiger partial charge in [-0.3, -0.25) is 0 Å².